The first-order valence-corrected chi connectivity index (χ1v) is 8.91. The molecule has 0 amide bonds. The van der Waals surface area contributed by atoms with Gasteiger partial charge in [0.2, 0.25) is 0 Å². The highest BCUT2D eigenvalue weighted by molar-refractivity contribution is 7.80. The van der Waals surface area contributed by atoms with E-state index in [0.717, 1.165) is 25.5 Å². The zero-order chi connectivity index (χ0) is 17.9. The van der Waals surface area contributed by atoms with Crippen LogP contribution >= 0.6 is 12.2 Å². The molecular formula is C17H22F3N3OS. The number of alkyl halides is 3. The molecule has 3 rings (SSSR count). The Morgan fingerprint density at radius 3 is 2.64 bits per heavy atom. The Morgan fingerprint density at radius 2 is 2.00 bits per heavy atom. The molecule has 1 aromatic rings. The van der Waals surface area contributed by atoms with Crippen molar-refractivity contribution in [3.05, 3.63) is 29.8 Å². The lowest BCUT2D eigenvalue weighted by Gasteiger charge is -2.37. The minimum absolute atomic E-state index is 0.226. The summed E-state index contributed by atoms with van der Waals surface area (Å²) in [7, 11) is 0. The van der Waals surface area contributed by atoms with Gasteiger partial charge in [-0.1, -0.05) is 6.07 Å². The summed E-state index contributed by atoms with van der Waals surface area (Å²) in [6.45, 7) is 4.19. The van der Waals surface area contributed by atoms with Crippen molar-refractivity contribution in [2.45, 2.75) is 25.1 Å². The molecule has 0 saturated carbocycles. The number of nitrogens with one attached hydrogen (secondary N) is 1. The van der Waals surface area contributed by atoms with Crippen molar-refractivity contribution in [3.8, 4) is 0 Å². The maximum Gasteiger partial charge on any atom is 0.416 e. The fraction of sp³-hybridized carbons (Fsp3) is 0.588. The van der Waals surface area contributed by atoms with Crippen molar-refractivity contribution in [2.75, 3.05) is 44.2 Å². The Morgan fingerprint density at radius 1 is 1.24 bits per heavy atom. The standard InChI is InChI=1S/C17H22F3N3OS/c18-17(19,20)13-3-1-4-14(11-13)22-6-8-23(9-7-22)16(25)21-12-15-5-2-10-24-15/h1,3-4,11,15H,2,5-10,12H2,(H,21,25)/t15-/m0/s1. The molecule has 0 radical (unpaired) electrons. The largest absolute Gasteiger partial charge is 0.416 e. The monoisotopic (exact) mass is 373 g/mol. The van der Waals surface area contributed by atoms with E-state index in [-0.39, 0.29) is 6.10 Å². The van der Waals surface area contributed by atoms with E-state index < -0.39 is 11.7 Å². The summed E-state index contributed by atoms with van der Waals surface area (Å²) >= 11 is 5.43. The van der Waals surface area contributed by atoms with E-state index in [4.69, 9.17) is 17.0 Å². The molecule has 2 fully saturated rings. The topological polar surface area (TPSA) is 27.7 Å². The molecule has 1 N–H and O–H groups in total. The van der Waals surface area contributed by atoms with Gasteiger partial charge >= 0.3 is 6.18 Å². The minimum Gasteiger partial charge on any atom is -0.376 e. The summed E-state index contributed by atoms with van der Waals surface area (Å²) in [5.41, 5.74) is -0.00566. The second-order valence-corrected chi connectivity index (χ2v) is 6.73. The fourth-order valence-electron chi connectivity index (χ4n) is 3.16. The van der Waals surface area contributed by atoms with Gasteiger partial charge < -0.3 is 19.9 Å². The molecular weight excluding hydrogens is 351 g/mol. The van der Waals surface area contributed by atoms with E-state index in [9.17, 15) is 13.2 Å². The summed E-state index contributed by atoms with van der Waals surface area (Å²) in [5.74, 6) is 0. The predicted octanol–water partition coefficient (Wildman–Crippen LogP) is 2.88. The van der Waals surface area contributed by atoms with Gasteiger partial charge in [-0.3, -0.25) is 0 Å². The van der Waals surface area contributed by atoms with Crippen LogP contribution in [0, 0.1) is 0 Å². The highest BCUT2D eigenvalue weighted by Crippen LogP contribution is 2.31. The molecule has 0 bridgehead atoms. The van der Waals surface area contributed by atoms with Gasteiger partial charge in [0.05, 0.1) is 11.7 Å². The average Bonchev–Trinajstić information content (AvgIpc) is 3.13. The summed E-state index contributed by atoms with van der Waals surface area (Å²) in [6, 6.07) is 5.49. The predicted molar refractivity (Wildman–Crippen MR) is 94.8 cm³/mol. The van der Waals surface area contributed by atoms with Crippen LogP contribution < -0.4 is 10.2 Å². The highest BCUT2D eigenvalue weighted by atomic mass is 32.1. The summed E-state index contributed by atoms with van der Waals surface area (Å²) in [5, 5.41) is 3.94. The number of rotatable bonds is 3. The van der Waals surface area contributed by atoms with Gasteiger partial charge in [-0.2, -0.15) is 13.2 Å². The molecule has 138 valence electrons. The third-order valence-corrected chi connectivity index (χ3v) is 5.01. The number of halogens is 3. The Hall–Kier alpha value is -1.54. The lowest BCUT2D eigenvalue weighted by molar-refractivity contribution is -0.137. The van der Waals surface area contributed by atoms with Crippen LogP contribution in [0.1, 0.15) is 18.4 Å². The first-order valence-electron chi connectivity index (χ1n) is 8.50. The average molecular weight is 373 g/mol. The van der Waals surface area contributed by atoms with Crippen LogP contribution in [-0.4, -0.2) is 55.4 Å². The highest BCUT2D eigenvalue weighted by Gasteiger charge is 2.31. The van der Waals surface area contributed by atoms with Crippen molar-refractivity contribution in [3.63, 3.8) is 0 Å². The SMILES string of the molecule is FC(F)(F)c1cccc(N2CCN(C(=S)NC[C@@H]3CCCO3)CC2)c1. The minimum atomic E-state index is -4.31. The fourth-order valence-corrected chi connectivity index (χ4v) is 3.43. The van der Waals surface area contributed by atoms with Crippen LogP contribution in [-0.2, 0) is 10.9 Å². The second kappa shape index (κ2) is 7.78. The lowest BCUT2D eigenvalue weighted by Crippen LogP contribution is -2.52. The van der Waals surface area contributed by atoms with E-state index in [2.05, 4.69) is 10.2 Å². The zero-order valence-electron chi connectivity index (χ0n) is 13.9. The maximum atomic E-state index is 12.9. The molecule has 8 heteroatoms. The Kier molecular flexibility index (Phi) is 5.68. The van der Waals surface area contributed by atoms with Crippen LogP contribution in [0.25, 0.3) is 0 Å². The Labute approximate surface area is 150 Å². The smallest absolute Gasteiger partial charge is 0.376 e. The van der Waals surface area contributed by atoms with Crippen LogP contribution in [0.5, 0.6) is 0 Å². The Balaban J connectivity index is 1.50. The van der Waals surface area contributed by atoms with Crippen LogP contribution in [0.4, 0.5) is 18.9 Å². The van der Waals surface area contributed by atoms with Gasteiger partial charge in [0.15, 0.2) is 5.11 Å². The number of anilines is 1. The van der Waals surface area contributed by atoms with Crippen LogP contribution in [0.15, 0.2) is 24.3 Å². The number of hydrogen-bond acceptors (Lipinski definition) is 3. The van der Waals surface area contributed by atoms with Crippen molar-refractivity contribution < 1.29 is 17.9 Å². The van der Waals surface area contributed by atoms with Crippen molar-refractivity contribution in [1.29, 1.82) is 0 Å². The summed E-state index contributed by atoms with van der Waals surface area (Å²) < 4.78 is 44.1. The summed E-state index contributed by atoms with van der Waals surface area (Å²) in [6.07, 6.45) is -1.94. The van der Waals surface area contributed by atoms with E-state index in [0.29, 0.717) is 43.5 Å². The maximum absolute atomic E-state index is 12.9. The number of ether oxygens (including phenoxy) is 1. The molecule has 0 unspecified atom stereocenters. The normalized spacial score (nSPS) is 21.5. The number of piperazine rings is 1. The second-order valence-electron chi connectivity index (χ2n) is 6.34. The third-order valence-electron chi connectivity index (χ3n) is 4.61. The molecule has 25 heavy (non-hydrogen) atoms. The molecule has 0 spiro atoms. The van der Waals surface area contributed by atoms with Crippen LogP contribution in [0.2, 0.25) is 0 Å². The van der Waals surface area contributed by atoms with Crippen molar-refractivity contribution in [2.24, 2.45) is 0 Å². The first kappa shape index (κ1) is 18.3. The molecule has 2 aliphatic heterocycles. The van der Waals surface area contributed by atoms with Gasteiger partial charge in [-0.15, -0.1) is 0 Å². The van der Waals surface area contributed by atoms with Crippen LogP contribution in [0.3, 0.4) is 0 Å². The van der Waals surface area contributed by atoms with Gasteiger partial charge in [0.1, 0.15) is 0 Å². The molecule has 2 heterocycles. The van der Waals surface area contributed by atoms with E-state index in [1.807, 2.05) is 4.90 Å². The zero-order valence-corrected chi connectivity index (χ0v) is 14.7. The van der Waals surface area contributed by atoms with Gasteiger partial charge in [0.25, 0.3) is 0 Å². The van der Waals surface area contributed by atoms with Gasteiger partial charge in [-0.25, -0.2) is 0 Å². The number of thiocarbonyl (C=S) groups is 1. The molecule has 2 saturated heterocycles. The van der Waals surface area contributed by atoms with Crippen molar-refractivity contribution >= 4 is 23.0 Å². The molecule has 1 aromatic carbocycles. The number of nitrogens with zero attached hydrogens (tertiary/aromatic N) is 2. The number of hydrogen-bond donors (Lipinski definition) is 1. The molecule has 1 atom stereocenters. The van der Waals surface area contributed by atoms with Gasteiger partial charge in [0, 0.05) is 45.0 Å². The molecule has 0 aliphatic carbocycles. The van der Waals surface area contributed by atoms with Gasteiger partial charge in [-0.05, 0) is 43.3 Å². The lowest BCUT2D eigenvalue weighted by atomic mass is 10.1. The molecule has 2 aliphatic rings. The third kappa shape index (κ3) is 4.76. The van der Waals surface area contributed by atoms with E-state index in [1.54, 1.807) is 6.07 Å². The molecule has 0 aromatic heterocycles. The first-order chi connectivity index (χ1) is 11.9. The summed E-state index contributed by atoms with van der Waals surface area (Å²) in [4.78, 5) is 4.03. The van der Waals surface area contributed by atoms with E-state index >= 15 is 0 Å². The number of benzene rings is 1. The Bertz CT molecular complexity index is 597. The molecule has 4 nitrogen and oxygen atoms in total. The van der Waals surface area contributed by atoms with E-state index in [1.165, 1.54) is 12.1 Å². The quantitative estimate of drug-likeness (QED) is 0.823. The van der Waals surface area contributed by atoms with Crippen molar-refractivity contribution in [1.82, 2.24) is 10.2 Å².